The van der Waals surface area contributed by atoms with E-state index in [1.807, 2.05) is 7.05 Å². The van der Waals surface area contributed by atoms with Crippen molar-refractivity contribution >= 4 is 17.4 Å². The van der Waals surface area contributed by atoms with Crippen LogP contribution in [-0.4, -0.2) is 48.1 Å². The smallest absolute Gasteiger partial charge is 0.358 e. The molecule has 0 aliphatic carbocycles. The van der Waals surface area contributed by atoms with E-state index in [1.54, 1.807) is 11.9 Å². The van der Waals surface area contributed by atoms with Crippen LogP contribution in [-0.2, 0) is 6.18 Å². The van der Waals surface area contributed by atoms with Gasteiger partial charge in [0.05, 0.1) is 0 Å². The SMILES string of the molecule is CN(CC1CCCN1C)c1cc(C(F)(F)F)nc(Cl)n1. The van der Waals surface area contributed by atoms with Gasteiger partial charge in [-0.2, -0.15) is 13.2 Å². The second-order valence-corrected chi connectivity index (χ2v) is 5.37. The molecule has 0 radical (unpaired) electrons. The molecule has 112 valence electrons. The molecule has 0 N–H and O–H groups in total. The summed E-state index contributed by atoms with van der Waals surface area (Å²) in [5, 5.41) is -0.388. The molecule has 1 saturated heterocycles. The topological polar surface area (TPSA) is 32.3 Å². The summed E-state index contributed by atoms with van der Waals surface area (Å²) in [5.41, 5.74) is -1.01. The summed E-state index contributed by atoms with van der Waals surface area (Å²) in [7, 11) is 3.73. The van der Waals surface area contributed by atoms with Crippen LogP contribution in [0.25, 0.3) is 0 Å². The second-order valence-electron chi connectivity index (χ2n) is 5.04. The molecular formula is C12H16ClF3N4. The molecule has 4 nitrogen and oxygen atoms in total. The van der Waals surface area contributed by atoms with Crippen LogP contribution in [0.15, 0.2) is 6.07 Å². The second kappa shape index (κ2) is 5.73. The first kappa shape index (κ1) is 15.3. The van der Waals surface area contributed by atoms with Gasteiger partial charge >= 0.3 is 6.18 Å². The third-order valence-corrected chi connectivity index (χ3v) is 3.69. The molecule has 2 heterocycles. The van der Waals surface area contributed by atoms with E-state index in [4.69, 9.17) is 11.6 Å². The monoisotopic (exact) mass is 308 g/mol. The fourth-order valence-electron chi connectivity index (χ4n) is 2.37. The average molecular weight is 309 g/mol. The molecule has 0 bridgehead atoms. The predicted molar refractivity (Wildman–Crippen MR) is 71.0 cm³/mol. The largest absolute Gasteiger partial charge is 0.433 e. The minimum Gasteiger partial charge on any atom is -0.358 e. The van der Waals surface area contributed by atoms with Gasteiger partial charge in [0.1, 0.15) is 5.82 Å². The zero-order chi connectivity index (χ0) is 14.9. The van der Waals surface area contributed by atoms with Crippen molar-refractivity contribution < 1.29 is 13.2 Å². The number of hydrogen-bond donors (Lipinski definition) is 0. The van der Waals surface area contributed by atoms with Crippen molar-refractivity contribution in [1.82, 2.24) is 14.9 Å². The Bertz CT molecular complexity index is 480. The van der Waals surface area contributed by atoms with Crippen molar-refractivity contribution in [3.63, 3.8) is 0 Å². The first-order chi connectivity index (χ1) is 9.27. The molecule has 0 saturated carbocycles. The number of alkyl halides is 3. The Kier molecular flexibility index (Phi) is 4.39. The van der Waals surface area contributed by atoms with Crippen LogP contribution < -0.4 is 4.90 Å². The lowest BCUT2D eigenvalue weighted by Crippen LogP contribution is -2.37. The fraction of sp³-hybridized carbons (Fsp3) is 0.667. The van der Waals surface area contributed by atoms with Crippen molar-refractivity contribution in [2.75, 3.05) is 32.1 Å². The maximum absolute atomic E-state index is 12.7. The van der Waals surface area contributed by atoms with Crippen LogP contribution in [0, 0.1) is 0 Å². The van der Waals surface area contributed by atoms with Gasteiger partial charge in [-0.05, 0) is 38.0 Å². The van der Waals surface area contributed by atoms with Gasteiger partial charge in [0.25, 0.3) is 0 Å². The van der Waals surface area contributed by atoms with E-state index >= 15 is 0 Å². The number of anilines is 1. The quantitative estimate of drug-likeness (QED) is 0.804. The highest BCUT2D eigenvalue weighted by Gasteiger charge is 2.34. The molecule has 20 heavy (non-hydrogen) atoms. The zero-order valence-corrected chi connectivity index (χ0v) is 12.0. The number of halogens is 4. The summed E-state index contributed by atoms with van der Waals surface area (Å²) in [6.07, 6.45) is -2.38. The van der Waals surface area contributed by atoms with E-state index < -0.39 is 11.9 Å². The predicted octanol–water partition coefficient (Wildman–Crippen LogP) is 2.68. The molecule has 1 aromatic rings. The first-order valence-electron chi connectivity index (χ1n) is 6.30. The zero-order valence-electron chi connectivity index (χ0n) is 11.3. The molecule has 1 fully saturated rings. The van der Waals surface area contributed by atoms with E-state index in [9.17, 15) is 13.2 Å². The van der Waals surface area contributed by atoms with E-state index in [0.717, 1.165) is 25.5 Å². The van der Waals surface area contributed by atoms with Crippen LogP contribution >= 0.6 is 11.6 Å². The number of nitrogens with zero attached hydrogens (tertiary/aromatic N) is 4. The van der Waals surface area contributed by atoms with Crippen LogP contribution in [0.3, 0.4) is 0 Å². The Balaban J connectivity index is 2.17. The number of aromatic nitrogens is 2. The summed E-state index contributed by atoms with van der Waals surface area (Å²) in [6.45, 7) is 1.62. The number of likely N-dealkylation sites (N-methyl/N-ethyl adjacent to an activating group) is 2. The molecule has 1 unspecified atom stereocenters. The lowest BCUT2D eigenvalue weighted by atomic mass is 10.2. The van der Waals surface area contributed by atoms with Gasteiger partial charge < -0.3 is 9.80 Å². The highest BCUT2D eigenvalue weighted by atomic mass is 35.5. The summed E-state index contributed by atoms with van der Waals surface area (Å²) >= 11 is 5.59. The number of rotatable bonds is 3. The molecule has 1 aliphatic rings. The Morgan fingerprint density at radius 1 is 1.45 bits per heavy atom. The van der Waals surface area contributed by atoms with Gasteiger partial charge in [-0.1, -0.05) is 0 Å². The van der Waals surface area contributed by atoms with Gasteiger partial charge in [-0.3, -0.25) is 0 Å². The molecule has 2 rings (SSSR count). The van der Waals surface area contributed by atoms with E-state index in [2.05, 4.69) is 14.9 Å². The van der Waals surface area contributed by atoms with Crippen molar-refractivity contribution in [2.45, 2.75) is 25.1 Å². The summed E-state index contributed by atoms with van der Waals surface area (Å²) in [5.74, 6) is 0.192. The third kappa shape index (κ3) is 3.52. The highest BCUT2D eigenvalue weighted by molar-refractivity contribution is 6.28. The Morgan fingerprint density at radius 2 is 2.15 bits per heavy atom. The average Bonchev–Trinajstić information content (AvgIpc) is 2.73. The minimum atomic E-state index is -4.52. The maximum Gasteiger partial charge on any atom is 0.433 e. The molecule has 8 heteroatoms. The molecule has 1 aliphatic heterocycles. The summed E-state index contributed by atoms with van der Waals surface area (Å²) < 4.78 is 38.1. The summed E-state index contributed by atoms with van der Waals surface area (Å²) in [6, 6.07) is 1.25. The minimum absolute atomic E-state index is 0.192. The lowest BCUT2D eigenvalue weighted by molar-refractivity contribution is -0.141. The van der Waals surface area contributed by atoms with Gasteiger partial charge in [-0.25, -0.2) is 9.97 Å². The van der Waals surface area contributed by atoms with Crippen molar-refractivity contribution in [3.05, 3.63) is 17.0 Å². The van der Waals surface area contributed by atoms with Crippen LogP contribution in [0.1, 0.15) is 18.5 Å². The molecule has 1 atom stereocenters. The fourth-order valence-corrected chi connectivity index (χ4v) is 2.54. The van der Waals surface area contributed by atoms with E-state index in [1.165, 1.54) is 0 Å². The maximum atomic E-state index is 12.7. The Hall–Kier alpha value is -1.08. The van der Waals surface area contributed by atoms with E-state index in [-0.39, 0.29) is 11.1 Å². The van der Waals surface area contributed by atoms with Crippen LogP contribution in [0.4, 0.5) is 19.0 Å². The summed E-state index contributed by atoms with van der Waals surface area (Å²) in [4.78, 5) is 11.0. The Morgan fingerprint density at radius 3 is 2.70 bits per heavy atom. The van der Waals surface area contributed by atoms with Gasteiger partial charge in [0, 0.05) is 25.7 Å². The molecular weight excluding hydrogens is 293 g/mol. The van der Waals surface area contributed by atoms with E-state index in [0.29, 0.717) is 12.6 Å². The molecule has 0 aromatic carbocycles. The van der Waals surface area contributed by atoms with Crippen LogP contribution in [0.2, 0.25) is 5.28 Å². The van der Waals surface area contributed by atoms with Gasteiger partial charge in [0.15, 0.2) is 5.69 Å². The molecule has 0 spiro atoms. The van der Waals surface area contributed by atoms with Crippen molar-refractivity contribution in [1.29, 1.82) is 0 Å². The standard InChI is InChI=1S/C12H16ClF3N4/c1-19-5-3-4-8(19)7-20(2)10-6-9(12(14,15)16)17-11(13)18-10/h6,8H,3-5,7H2,1-2H3. The normalized spacial score (nSPS) is 20.4. The first-order valence-corrected chi connectivity index (χ1v) is 6.68. The van der Waals surface area contributed by atoms with Gasteiger partial charge in [-0.15, -0.1) is 0 Å². The number of hydrogen-bond acceptors (Lipinski definition) is 4. The molecule has 1 aromatic heterocycles. The lowest BCUT2D eigenvalue weighted by Gasteiger charge is -2.26. The van der Waals surface area contributed by atoms with Gasteiger partial charge in [0.2, 0.25) is 5.28 Å². The van der Waals surface area contributed by atoms with Crippen LogP contribution in [0.5, 0.6) is 0 Å². The molecule has 0 amide bonds. The van der Waals surface area contributed by atoms with Crippen molar-refractivity contribution in [3.8, 4) is 0 Å². The van der Waals surface area contributed by atoms with Crippen molar-refractivity contribution in [2.24, 2.45) is 0 Å². The highest BCUT2D eigenvalue weighted by Crippen LogP contribution is 2.30. The third-order valence-electron chi connectivity index (χ3n) is 3.52. The Labute approximate surface area is 120 Å². The number of likely N-dealkylation sites (tertiary alicyclic amines) is 1.